The Morgan fingerprint density at radius 3 is 2.27 bits per heavy atom. The van der Waals surface area contributed by atoms with Crippen molar-refractivity contribution in [1.29, 1.82) is 5.26 Å². The molecule has 0 atom stereocenters. The number of rotatable bonds is 4. The molecule has 22 heavy (non-hydrogen) atoms. The molecule has 0 radical (unpaired) electrons. The molecule has 0 unspecified atom stereocenters. The van der Waals surface area contributed by atoms with Crippen molar-refractivity contribution in [2.45, 2.75) is 44.1 Å². The Morgan fingerprint density at radius 1 is 0.955 bits per heavy atom. The molecule has 2 heterocycles. The van der Waals surface area contributed by atoms with E-state index in [2.05, 4.69) is 46.2 Å². The van der Waals surface area contributed by atoms with Gasteiger partial charge in [-0.1, -0.05) is 36.8 Å². The summed E-state index contributed by atoms with van der Waals surface area (Å²) in [6, 6.07) is 13.4. The SMILES string of the molecule is N#CC1(N2CCCCC2)CCN(CCc2ccccc2)CC1. The molecular formula is C19H27N3. The van der Waals surface area contributed by atoms with Crippen molar-refractivity contribution < 1.29 is 0 Å². The van der Waals surface area contributed by atoms with E-state index in [0.717, 1.165) is 52.0 Å². The van der Waals surface area contributed by atoms with E-state index in [4.69, 9.17) is 0 Å². The van der Waals surface area contributed by atoms with E-state index in [9.17, 15) is 5.26 Å². The molecule has 2 aliphatic heterocycles. The molecule has 3 rings (SSSR count). The normalized spacial score (nSPS) is 23.0. The van der Waals surface area contributed by atoms with Crippen molar-refractivity contribution in [2.24, 2.45) is 0 Å². The molecule has 1 aromatic carbocycles. The Morgan fingerprint density at radius 2 is 1.64 bits per heavy atom. The Hall–Kier alpha value is -1.37. The van der Waals surface area contributed by atoms with Gasteiger partial charge >= 0.3 is 0 Å². The first kappa shape index (κ1) is 15.5. The first-order valence-electron chi connectivity index (χ1n) is 8.75. The van der Waals surface area contributed by atoms with Gasteiger partial charge in [-0.05, 0) is 50.8 Å². The topological polar surface area (TPSA) is 30.3 Å². The zero-order valence-corrected chi connectivity index (χ0v) is 13.5. The summed E-state index contributed by atoms with van der Waals surface area (Å²) in [5.41, 5.74) is 1.24. The Bertz CT molecular complexity index is 491. The minimum absolute atomic E-state index is 0.177. The zero-order chi connectivity index (χ0) is 15.3. The van der Waals surface area contributed by atoms with Crippen LogP contribution in [0.4, 0.5) is 0 Å². The summed E-state index contributed by atoms with van der Waals surface area (Å²) < 4.78 is 0. The van der Waals surface area contributed by atoms with Crippen LogP contribution in [0.15, 0.2) is 30.3 Å². The van der Waals surface area contributed by atoms with Crippen LogP contribution in [0.3, 0.4) is 0 Å². The molecule has 0 saturated carbocycles. The van der Waals surface area contributed by atoms with Crippen LogP contribution in [0.25, 0.3) is 0 Å². The molecule has 2 fully saturated rings. The molecule has 2 aliphatic rings. The fourth-order valence-corrected chi connectivity index (χ4v) is 3.90. The Kier molecular flexibility index (Phi) is 5.12. The fraction of sp³-hybridized carbons (Fsp3) is 0.632. The molecule has 0 aromatic heterocycles. The molecule has 1 aromatic rings. The van der Waals surface area contributed by atoms with Crippen molar-refractivity contribution >= 4 is 0 Å². The first-order valence-corrected chi connectivity index (χ1v) is 8.75. The van der Waals surface area contributed by atoms with Crippen LogP contribution in [0.2, 0.25) is 0 Å². The maximum atomic E-state index is 9.78. The number of hydrogen-bond acceptors (Lipinski definition) is 3. The van der Waals surface area contributed by atoms with Crippen molar-refractivity contribution in [3.63, 3.8) is 0 Å². The number of nitriles is 1. The number of hydrogen-bond donors (Lipinski definition) is 0. The second kappa shape index (κ2) is 7.26. The Balaban J connectivity index is 1.51. The van der Waals surface area contributed by atoms with E-state index >= 15 is 0 Å². The summed E-state index contributed by atoms with van der Waals surface area (Å²) in [6.07, 6.45) is 7.00. The molecule has 0 bridgehead atoms. The van der Waals surface area contributed by atoms with Crippen molar-refractivity contribution in [1.82, 2.24) is 9.80 Å². The monoisotopic (exact) mass is 297 g/mol. The van der Waals surface area contributed by atoms with Crippen LogP contribution < -0.4 is 0 Å². The van der Waals surface area contributed by atoms with Crippen molar-refractivity contribution in [3.05, 3.63) is 35.9 Å². The predicted octanol–water partition coefficient (Wildman–Crippen LogP) is 3.07. The highest BCUT2D eigenvalue weighted by Gasteiger charge is 2.40. The lowest BCUT2D eigenvalue weighted by molar-refractivity contribution is 0.0471. The highest BCUT2D eigenvalue weighted by atomic mass is 15.2. The van der Waals surface area contributed by atoms with Crippen LogP contribution >= 0.6 is 0 Å². The van der Waals surface area contributed by atoms with Crippen molar-refractivity contribution in [2.75, 3.05) is 32.7 Å². The maximum absolute atomic E-state index is 9.78. The maximum Gasteiger partial charge on any atom is 0.111 e. The van der Waals surface area contributed by atoms with Crippen LogP contribution in [-0.4, -0.2) is 48.1 Å². The lowest BCUT2D eigenvalue weighted by Gasteiger charge is -2.46. The zero-order valence-electron chi connectivity index (χ0n) is 13.5. The van der Waals surface area contributed by atoms with E-state index in [1.807, 2.05) is 0 Å². The molecular weight excluding hydrogens is 270 g/mol. The van der Waals surface area contributed by atoms with E-state index in [1.165, 1.54) is 24.8 Å². The first-order chi connectivity index (χ1) is 10.8. The third kappa shape index (κ3) is 3.51. The molecule has 0 amide bonds. The molecule has 3 heteroatoms. The second-order valence-electron chi connectivity index (χ2n) is 6.77. The van der Waals surface area contributed by atoms with Gasteiger partial charge in [0, 0.05) is 19.6 Å². The summed E-state index contributed by atoms with van der Waals surface area (Å²) in [5, 5.41) is 9.78. The molecule has 0 spiro atoms. The lowest BCUT2D eigenvalue weighted by atomic mass is 9.85. The number of nitrogens with zero attached hydrogens (tertiary/aromatic N) is 3. The van der Waals surface area contributed by atoms with E-state index in [1.54, 1.807) is 0 Å². The second-order valence-corrected chi connectivity index (χ2v) is 6.77. The van der Waals surface area contributed by atoms with Crippen molar-refractivity contribution in [3.8, 4) is 6.07 Å². The number of piperidine rings is 2. The minimum Gasteiger partial charge on any atom is -0.303 e. The molecule has 3 nitrogen and oxygen atoms in total. The highest BCUT2D eigenvalue weighted by molar-refractivity contribution is 5.15. The fourth-order valence-electron chi connectivity index (χ4n) is 3.90. The van der Waals surface area contributed by atoms with Crippen LogP contribution in [-0.2, 0) is 6.42 Å². The van der Waals surface area contributed by atoms with Gasteiger partial charge in [0.1, 0.15) is 5.54 Å². The van der Waals surface area contributed by atoms with Gasteiger partial charge in [-0.3, -0.25) is 4.90 Å². The summed E-state index contributed by atoms with van der Waals surface area (Å²) in [7, 11) is 0. The largest absolute Gasteiger partial charge is 0.303 e. The Labute approximate surface area is 134 Å². The lowest BCUT2D eigenvalue weighted by Crippen LogP contribution is -2.56. The van der Waals surface area contributed by atoms with Gasteiger partial charge < -0.3 is 4.90 Å². The quantitative estimate of drug-likeness (QED) is 0.855. The summed E-state index contributed by atoms with van der Waals surface area (Å²) >= 11 is 0. The summed E-state index contributed by atoms with van der Waals surface area (Å²) in [5.74, 6) is 0. The standard InChI is InChI=1S/C19H27N3/c20-17-19(22-12-5-2-6-13-22)10-15-21(16-11-19)14-9-18-7-3-1-4-8-18/h1,3-4,7-8H,2,5-6,9-16H2. The number of likely N-dealkylation sites (tertiary alicyclic amines) is 2. The predicted molar refractivity (Wildman–Crippen MR) is 89.6 cm³/mol. The average molecular weight is 297 g/mol. The van der Waals surface area contributed by atoms with Gasteiger partial charge in [-0.25, -0.2) is 0 Å². The summed E-state index contributed by atoms with van der Waals surface area (Å²) in [6.45, 7) is 5.49. The molecule has 0 aliphatic carbocycles. The smallest absolute Gasteiger partial charge is 0.111 e. The summed E-state index contributed by atoms with van der Waals surface area (Å²) in [4.78, 5) is 5.01. The van der Waals surface area contributed by atoms with Crippen LogP contribution in [0.1, 0.15) is 37.7 Å². The van der Waals surface area contributed by atoms with Gasteiger partial charge in [0.05, 0.1) is 6.07 Å². The third-order valence-corrected chi connectivity index (χ3v) is 5.41. The molecule has 118 valence electrons. The average Bonchev–Trinajstić information content (AvgIpc) is 2.62. The molecule has 0 N–H and O–H groups in total. The van der Waals surface area contributed by atoms with E-state index in [0.29, 0.717) is 0 Å². The minimum atomic E-state index is -0.177. The van der Waals surface area contributed by atoms with Crippen LogP contribution in [0, 0.1) is 11.3 Å². The third-order valence-electron chi connectivity index (χ3n) is 5.41. The van der Waals surface area contributed by atoms with Gasteiger partial charge in [-0.15, -0.1) is 0 Å². The number of benzene rings is 1. The van der Waals surface area contributed by atoms with Gasteiger partial charge in [-0.2, -0.15) is 5.26 Å². The van der Waals surface area contributed by atoms with Gasteiger partial charge in [0.2, 0.25) is 0 Å². The van der Waals surface area contributed by atoms with E-state index in [-0.39, 0.29) is 5.54 Å². The van der Waals surface area contributed by atoms with E-state index < -0.39 is 0 Å². The molecule has 2 saturated heterocycles. The van der Waals surface area contributed by atoms with Crippen LogP contribution in [0.5, 0.6) is 0 Å². The highest BCUT2D eigenvalue weighted by Crippen LogP contribution is 2.31. The van der Waals surface area contributed by atoms with Gasteiger partial charge in [0.15, 0.2) is 0 Å². The van der Waals surface area contributed by atoms with Gasteiger partial charge in [0.25, 0.3) is 0 Å².